The molecule has 0 atom stereocenters. The number of nitro benzene ring substituents is 1. The maximum atomic E-state index is 13.1. The van der Waals surface area contributed by atoms with Crippen LogP contribution in [0.1, 0.15) is 11.1 Å². The minimum Gasteiger partial charge on any atom is -0.478 e. The standard InChI is InChI=1S/C22H18N2O6S/c1-23(31(29,30)21-13-6-5-12-20(21)24(27)28)18-11-7-10-17(14-18)19(15-22(25)26)16-8-3-2-4-9-16/h2-15H,1H3,(H,25,26)/b19-15-. The molecule has 31 heavy (non-hydrogen) atoms. The lowest BCUT2D eigenvalue weighted by atomic mass is 9.97. The fourth-order valence-corrected chi connectivity index (χ4v) is 4.40. The van der Waals surface area contributed by atoms with Gasteiger partial charge in [0.1, 0.15) is 0 Å². The van der Waals surface area contributed by atoms with Gasteiger partial charge in [0, 0.05) is 19.2 Å². The van der Waals surface area contributed by atoms with Gasteiger partial charge in [-0.25, -0.2) is 13.2 Å². The first kappa shape index (κ1) is 21.7. The largest absolute Gasteiger partial charge is 0.478 e. The number of anilines is 1. The lowest BCUT2D eigenvalue weighted by Gasteiger charge is -2.20. The Bertz CT molecular complexity index is 1270. The SMILES string of the molecule is CN(c1cccc(/C(=C\C(=O)O)c2ccccc2)c1)S(=O)(=O)c1ccccc1[N+](=O)[O-]. The molecule has 158 valence electrons. The third-order valence-electron chi connectivity index (χ3n) is 4.57. The van der Waals surface area contributed by atoms with Crippen molar-refractivity contribution in [1.29, 1.82) is 0 Å². The Morgan fingerprint density at radius 1 is 0.968 bits per heavy atom. The number of nitro groups is 1. The number of sulfonamides is 1. The van der Waals surface area contributed by atoms with Crippen LogP contribution in [-0.4, -0.2) is 31.5 Å². The summed E-state index contributed by atoms with van der Waals surface area (Å²) >= 11 is 0. The Morgan fingerprint density at radius 3 is 2.23 bits per heavy atom. The van der Waals surface area contributed by atoms with Crippen LogP contribution in [0.15, 0.2) is 89.8 Å². The molecule has 8 nitrogen and oxygen atoms in total. The van der Waals surface area contributed by atoms with Gasteiger partial charge in [0.15, 0.2) is 4.90 Å². The van der Waals surface area contributed by atoms with Gasteiger partial charge in [0.2, 0.25) is 0 Å². The van der Waals surface area contributed by atoms with Gasteiger partial charge in [0.25, 0.3) is 15.7 Å². The number of benzene rings is 3. The fraction of sp³-hybridized carbons (Fsp3) is 0.0455. The van der Waals surface area contributed by atoms with E-state index in [-0.39, 0.29) is 5.69 Å². The van der Waals surface area contributed by atoms with Crippen molar-refractivity contribution in [1.82, 2.24) is 0 Å². The van der Waals surface area contributed by atoms with Gasteiger partial charge < -0.3 is 5.11 Å². The van der Waals surface area contributed by atoms with Crippen molar-refractivity contribution in [3.63, 3.8) is 0 Å². The second-order valence-corrected chi connectivity index (χ2v) is 8.45. The number of carboxylic acid groups (broad SMARTS) is 1. The van der Waals surface area contributed by atoms with Gasteiger partial charge in [-0.1, -0.05) is 54.6 Å². The van der Waals surface area contributed by atoms with Crippen LogP contribution in [0.25, 0.3) is 5.57 Å². The molecular weight excluding hydrogens is 420 g/mol. The first-order valence-electron chi connectivity index (χ1n) is 9.04. The topological polar surface area (TPSA) is 118 Å². The van der Waals surface area contributed by atoms with E-state index in [0.717, 1.165) is 16.4 Å². The quantitative estimate of drug-likeness (QED) is 0.339. The van der Waals surface area contributed by atoms with Crippen molar-refractivity contribution in [2.24, 2.45) is 0 Å². The van der Waals surface area contributed by atoms with Crippen LogP contribution in [0.5, 0.6) is 0 Å². The molecule has 0 saturated carbocycles. The zero-order valence-electron chi connectivity index (χ0n) is 16.4. The monoisotopic (exact) mass is 438 g/mol. The molecule has 3 aromatic carbocycles. The Kier molecular flexibility index (Phi) is 6.17. The summed E-state index contributed by atoms with van der Waals surface area (Å²) in [6.07, 6.45) is 1.05. The van der Waals surface area contributed by atoms with Gasteiger partial charge >= 0.3 is 5.97 Å². The molecule has 0 radical (unpaired) electrons. The first-order chi connectivity index (χ1) is 14.7. The number of aliphatic carboxylic acids is 1. The fourth-order valence-electron chi connectivity index (χ4n) is 3.06. The normalized spacial score (nSPS) is 11.7. The Labute approximate surface area is 178 Å². The number of hydrogen-bond acceptors (Lipinski definition) is 5. The van der Waals surface area contributed by atoms with Crippen molar-refractivity contribution >= 4 is 32.9 Å². The number of nitrogens with zero attached hydrogens (tertiary/aromatic N) is 2. The number of para-hydroxylation sites is 1. The molecule has 3 aromatic rings. The molecule has 3 rings (SSSR count). The van der Waals surface area contributed by atoms with Crippen molar-refractivity contribution < 1.29 is 23.2 Å². The molecule has 0 aliphatic rings. The van der Waals surface area contributed by atoms with Gasteiger partial charge in [-0.15, -0.1) is 0 Å². The van der Waals surface area contributed by atoms with Gasteiger partial charge in [-0.05, 0) is 34.9 Å². The summed E-state index contributed by atoms with van der Waals surface area (Å²) in [6.45, 7) is 0. The number of rotatable bonds is 7. The van der Waals surface area contributed by atoms with E-state index < -0.39 is 31.5 Å². The first-order valence-corrected chi connectivity index (χ1v) is 10.5. The van der Waals surface area contributed by atoms with E-state index in [9.17, 15) is 28.4 Å². The second kappa shape index (κ2) is 8.80. The third kappa shape index (κ3) is 4.62. The van der Waals surface area contributed by atoms with E-state index in [1.165, 1.54) is 37.4 Å². The van der Waals surface area contributed by atoms with Crippen LogP contribution in [0.2, 0.25) is 0 Å². The number of hydrogen-bond donors (Lipinski definition) is 1. The molecule has 9 heteroatoms. The molecule has 0 saturated heterocycles. The molecular formula is C22H18N2O6S. The van der Waals surface area contributed by atoms with Gasteiger partial charge in [-0.3, -0.25) is 14.4 Å². The van der Waals surface area contributed by atoms with Crippen LogP contribution in [-0.2, 0) is 14.8 Å². The predicted octanol–water partition coefficient (Wildman–Crippen LogP) is 3.94. The van der Waals surface area contributed by atoms with Crippen LogP contribution < -0.4 is 4.31 Å². The summed E-state index contributed by atoms with van der Waals surface area (Å²) < 4.78 is 27.1. The van der Waals surface area contributed by atoms with E-state index in [1.807, 2.05) is 0 Å². The van der Waals surface area contributed by atoms with Crippen LogP contribution in [0.4, 0.5) is 11.4 Å². The second-order valence-electron chi connectivity index (χ2n) is 6.51. The zero-order valence-corrected chi connectivity index (χ0v) is 17.2. The average molecular weight is 438 g/mol. The molecule has 0 aliphatic heterocycles. The highest BCUT2D eigenvalue weighted by Crippen LogP contribution is 2.31. The molecule has 1 N–H and O–H groups in total. The van der Waals surface area contributed by atoms with Crippen LogP contribution in [0, 0.1) is 10.1 Å². The van der Waals surface area contributed by atoms with E-state index >= 15 is 0 Å². The van der Waals surface area contributed by atoms with Crippen molar-refractivity contribution in [2.75, 3.05) is 11.4 Å². The minimum absolute atomic E-state index is 0.225. The number of carboxylic acids is 1. The maximum Gasteiger partial charge on any atom is 0.328 e. The highest BCUT2D eigenvalue weighted by atomic mass is 32.2. The summed E-state index contributed by atoms with van der Waals surface area (Å²) in [5.74, 6) is -1.15. The zero-order chi connectivity index (χ0) is 22.6. The minimum atomic E-state index is -4.24. The lowest BCUT2D eigenvalue weighted by molar-refractivity contribution is -0.387. The molecule has 0 fully saturated rings. The molecule has 0 aromatic heterocycles. The summed E-state index contributed by atoms with van der Waals surface area (Å²) in [6, 6.07) is 20.2. The molecule has 0 spiro atoms. The van der Waals surface area contributed by atoms with E-state index in [2.05, 4.69) is 0 Å². The summed E-state index contributed by atoms with van der Waals surface area (Å²) in [4.78, 5) is 21.5. The molecule has 0 amide bonds. The highest BCUT2D eigenvalue weighted by Gasteiger charge is 2.29. The van der Waals surface area contributed by atoms with Crippen molar-refractivity contribution in [3.05, 3.63) is 106 Å². The van der Waals surface area contributed by atoms with E-state index in [4.69, 9.17) is 0 Å². The van der Waals surface area contributed by atoms with Crippen molar-refractivity contribution in [3.8, 4) is 0 Å². The van der Waals surface area contributed by atoms with Gasteiger partial charge in [0.05, 0.1) is 10.6 Å². The Balaban J connectivity index is 2.09. The van der Waals surface area contributed by atoms with Gasteiger partial charge in [-0.2, -0.15) is 0 Å². The molecule has 0 bridgehead atoms. The predicted molar refractivity (Wildman–Crippen MR) is 116 cm³/mol. The molecule has 0 unspecified atom stereocenters. The highest BCUT2D eigenvalue weighted by molar-refractivity contribution is 7.93. The lowest BCUT2D eigenvalue weighted by Crippen LogP contribution is -2.27. The number of carbonyl (C=O) groups is 1. The summed E-state index contributed by atoms with van der Waals surface area (Å²) in [5, 5.41) is 20.6. The van der Waals surface area contributed by atoms with E-state index in [0.29, 0.717) is 16.7 Å². The van der Waals surface area contributed by atoms with Crippen LogP contribution >= 0.6 is 0 Å². The Hall–Kier alpha value is -3.98. The summed E-state index contributed by atoms with van der Waals surface area (Å²) in [5.41, 5.74) is 1.22. The molecule has 0 aliphatic carbocycles. The smallest absolute Gasteiger partial charge is 0.328 e. The average Bonchev–Trinajstić information content (AvgIpc) is 2.77. The molecule has 0 heterocycles. The van der Waals surface area contributed by atoms with Crippen LogP contribution in [0.3, 0.4) is 0 Å². The Morgan fingerprint density at radius 2 is 1.58 bits per heavy atom. The third-order valence-corrected chi connectivity index (χ3v) is 6.41. The maximum absolute atomic E-state index is 13.1. The van der Waals surface area contributed by atoms with Crippen molar-refractivity contribution in [2.45, 2.75) is 4.90 Å². The van der Waals surface area contributed by atoms with E-state index in [1.54, 1.807) is 42.5 Å². The summed E-state index contributed by atoms with van der Waals surface area (Å²) in [7, 11) is -2.96.